The van der Waals surface area contributed by atoms with Crippen LogP contribution in [-0.4, -0.2) is 26.5 Å². The van der Waals surface area contributed by atoms with Crippen molar-refractivity contribution < 1.29 is 14.3 Å². The molecule has 1 atom stereocenters. The van der Waals surface area contributed by atoms with Gasteiger partial charge in [0.15, 0.2) is 11.8 Å². The van der Waals surface area contributed by atoms with E-state index in [4.69, 9.17) is 4.74 Å². The van der Waals surface area contributed by atoms with Crippen LogP contribution in [-0.2, 0) is 11.8 Å². The number of nitrogens with zero attached hydrogens (tertiary/aromatic N) is 2. The number of rotatable bonds is 5. The van der Waals surface area contributed by atoms with Gasteiger partial charge in [-0.05, 0) is 12.1 Å². The van der Waals surface area contributed by atoms with Crippen molar-refractivity contribution in [2.45, 2.75) is 6.10 Å². The van der Waals surface area contributed by atoms with Crippen LogP contribution in [0.15, 0.2) is 89.9 Å². The number of fused-ring (bicyclic) bond motifs is 2. The maximum atomic E-state index is 13.6. The predicted molar refractivity (Wildman–Crippen MR) is 124 cm³/mol. The molecule has 0 fully saturated rings. The number of ether oxygens (including phenoxy) is 1. The molecule has 0 amide bonds. The van der Waals surface area contributed by atoms with Gasteiger partial charge in [-0.15, -0.1) is 0 Å². The first-order valence-electron chi connectivity index (χ1n) is 10.4. The first-order chi connectivity index (χ1) is 16.0. The van der Waals surface area contributed by atoms with Gasteiger partial charge in [0.1, 0.15) is 0 Å². The number of H-pyrrole nitrogens is 1. The standard InChI is InChI=1S/C26H19N3O4/c1-29-25(31)19-13-6-5-12-18(19)22(28-29)26(32)33-24(16-9-3-2-4-10-16)23(30)20-15-27-21-14-8-7-11-17(20)21/h2-15,24,27H,1H3. The summed E-state index contributed by atoms with van der Waals surface area (Å²) in [5.41, 5.74) is 1.42. The predicted octanol–water partition coefficient (Wildman–Crippen LogP) is 4.20. The number of ketones is 1. The summed E-state index contributed by atoms with van der Waals surface area (Å²) in [7, 11) is 1.47. The molecule has 3 aromatic carbocycles. The van der Waals surface area contributed by atoms with E-state index >= 15 is 0 Å². The number of carbonyl (C=O) groups excluding carboxylic acids is 2. The summed E-state index contributed by atoms with van der Waals surface area (Å²) >= 11 is 0. The van der Waals surface area contributed by atoms with Gasteiger partial charge in [-0.3, -0.25) is 9.59 Å². The molecule has 162 valence electrons. The molecule has 5 rings (SSSR count). The van der Waals surface area contributed by atoms with Crippen LogP contribution in [0, 0.1) is 0 Å². The van der Waals surface area contributed by atoms with Crippen molar-refractivity contribution in [3.63, 3.8) is 0 Å². The van der Waals surface area contributed by atoms with Crippen LogP contribution in [0.2, 0.25) is 0 Å². The largest absolute Gasteiger partial charge is 0.444 e. The Balaban J connectivity index is 1.59. The van der Waals surface area contributed by atoms with Crippen molar-refractivity contribution in [2.75, 3.05) is 0 Å². The Hall–Kier alpha value is -4.52. The maximum absolute atomic E-state index is 13.6. The molecule has 7 heteroatoms. The maximum Gasteiger partial charge on any atom is 0.360 e. The molecule has 2 heterocycles. The average Bonchev–Trinajstić information content (AvgIpc) is 3.29. The molecule has 2 aromatic heterocycles. The fourth-order valence-corrected chi connectivity index (χ4v) is 3.93. The Morgan fingerprint density at radius 3 is 2.27 bits per heavy atom. The van der Waals surface area contributed by atoms with Crippen LogP contribution in [0.5, 0.6) is 0 Å². The summed E-state index contributed by atoms with van der Waals surface area (Å²) in [6, 6.07) is 23.0. The number of esters is 1. The highest BCUT2D eigenvalue weighted by Gasteiger charge is 2.30. The molecule has 1 N–H and O–H groups in total. The lowest BCUT2D eigenvalue weighted by molar-refractivity contribution is 0.0275. The number of para-hydroxylation sites is 1. The molecule has 0 saturated heterocycles. The zero-order chi connectivity index (χ0) is 22.9. The SMILES string of the molecule is Cn1nc(C(=O)OC(C(=O)c2c[nH]c3ccccc23)c2ccccc2)c2ccccc2c1=O. The monoisotopic (exact) mass is 437 g/mol. The number of hydrogen-bond donors (Lipinski definition) is 1. The van der Waals surface area contributed by atoms with Crippen LogP contribution < -0.4 is 5.56 Å². The quantitative estimate of drug-likeness (QED) is 0.329. The minimum atomic E-state index is -1.18. The molecule has 0 aliphatic rings. The smallest absolute Gasteiger partial charge is 0.360 e. The van der Waals surface area contributed by atoms with Gasteiger partial charge in [0.25, 0.3) is 5.56 Å². The zero-order valence-corrected chi connectivity index (χ0v) is 17.7. The Morgan fingerprint density at radius 2 is 1.52 bits per heavy atom. The summed E-state index contributed by atoms with van der Waals surface area (Å²) in [4.78, 5) is 42.4. The van der Waals surface area contributed by atoms with Gasteiger partial charge in [0.2, 0.25) is 5.78 Å². The number of Topliss-reactive ketones (excluding diaryl/α,β-unsaturated/α-hetero) is 1. The van der Waals surface area contributed by atoms with Gasteiger partial charge in [-0.2, -0.15) is 5.10 Å². The van der Waals surface area contributed by atoms with E-state index in [1.165, 1.54) is 7.05 Å². The number of benzene rings is 3. The third-order valence-corrected chi connectivity index (χ3v) is 5.57. The number of aromatic amines is 1. The van der Waals surface area contributed by atoms with Gasteiger partial charge in [-0.1, -0.05) is 66.7 Å². The molecule has 33 heavy (non-hydrogen) atoms. The second-order valence-corrected chi connectivity index (χ2v) is 7.63. The summed E-state index contributed by atoms with van der Waals surface area (Å²) in [6.45, 7) is 0. The first-order valence-corrected chi connectivity index (χ1v) is 10.4. The van der Waals surface area contributed by atoms with Crippen LogP contribution in [0.25, 0.3) is 21.7 Å². The van der Waals surface area contributed by atoms with E-state index in [0.717, 1.165) is 15.6 Å². The fraction of sp³-hybridized carbons (Fsp3) is 0.0769. The van der Waals surface area contributed by atoms with Gasteiger partial charge in [0, 0.05) is 40.7 Å². The lowest BCUT2D eigenvalue weighted by atomic mass is 9.99. The molecular formula is C26H19N3O4. The molecule has 7 nitrogen and oxygen atoms in total. The number of carbonyl (C=O) groups is 2. The number of hydrogen-bond acceptors (Lipinski definition) is 5. The normalized spacial score (nSPS) is 12.0. The van der Waals surface area contributed by atoms with Crippen molar-refractivity contribution >= 4 is 33.4 Å². The molecule has 0 saturated carbocycles. The lowest BCUT2D eigenvalue weighted by Gasteiger charge is -2.17. The third-order valence-electron chi connectivity index (χ3n) is 5.57. The van der Waals surface area contributed by atoms with Crippen molar-refractivity contribution in [1.82, 2.24) is 14.8 Å². The summed E-state index contributed by atoms with van der Waals surface area (Å²) in [5, 5.41) is 5.59. The molecule has 5 aromatic rings. The van der Waals surface area contributed by atoms with E-state index < -0.39 is 12.1 Å². The fourth-order valence-electron chi connectivity index (χ4n) is 3.93. The van der Waals surface area contributed by atoms with E-state index in [1.807, 2.05) is 30.3 Å². The van der Waals surface area contributed by atoms with Gasteiger partial charge < -0.3 is 9.72 Å². The van der Waals surface area contributed by atoms with Crippen LogP contribution >= 0.6 is 0 Å². The van der Waals surface area contributed by atoms with Crippen molar-refractivity contribution in [3.8, 4) is 0 Å². The van der Waals surface area contributed by atoms with Crippen molar-refractivity contribution in [2.24, 2.45) is 7.05 Å². The topological polar surface area (TPSA) is 94.1 Å². The van der Waals surface area contributed by atoms with Crippen molar-refractivity contribution in [3.05, 3.63) is 112 Å². The lowest BCUT2D eigenvalue weighted by Crippen LogP contribution is -2.26. The van der Waals surface area contributed by atoms with Crippen molar-refractivity contribution in [1.29, 1.82) is 0 Å². The Morgan fingerprint density at radius 1 is 0.879 bits per heavy atom. The van der Waals surface area contributed by atoms with E-state index in [1.54, 1.807) is 54.7 Å². The molecule has 0 radical (unpaired) electrons. The number of aromatic nitrogens is 3. The van der Waals surface area contributed by atoms with E-state index in [0.29, 0.717) is 21.9 Å². The molecule has 0 aliphatic heterocycles. The van der Waals surface area contributed by atoms with E-state index in [9.17, 15) is 14.4 Å². The molecule has 1 unspecified atom stereocenters. The summed E-state index contributed by atoms with van der Waals surface area (Å²) < 4.78 is 6.88. The van der Waals surface area contributed by atoms with Crippen LogP contribution in [0.3, 0.4) is 0 Å². The first kappa shape index (κ1) is 20.4. The summed E-state index contributed by atoms with van der Waals surface area (Å²) in [5.74, 6) is -1.15. The molecule has 0 aliphatic carbocycles. The van der Waals surface area contributed by atoms with Crippen LogP contribution in [0.1, 0.15) is 32.5 Å². The average molecular weight is 437 g/mol. The van der Waals surface area contributed by atoms with Gasteiger partial charge in [0.05, 0.1) is 5.39 Å². The highest BCUT2D eigenvalue weighted by Crippen LogP contribution is 2.28. The van der Waals surface area contributed by atoms with Gasteiger partial charge in [-0.25, -0.2) is 9.48 Å². The number of aryl methyl sites for hydroxylation is 1. The Labute approximate surface area is 188 Å². The minimum Gasteiger partial charge on any atom is -0.444 e. The Kier molecular flexibility index (Phi) is 5.06. The van der Waals surface area contributed by atoms with E-state index in [2.05, 4.69) is 10.1 Å². The molecule has 0 spiro atoms. The minimum absolute atomic E-state index is 0.0274. The molecule has 0 bridgehead atoms. The third kappa shape index (κ3) is 3.59. The highest BCUT2D eigenvalue weighted by atomic mass is 16.5. The zero-order valence-electron chi connectivity index (χ0n) is 17.7. The summed E-state index contributed by atoms with van der Waals surface area (Å²) in [6.07, 6.45) is 0.437. The second-order valence-electron chi connectivity index (χ2n) is 7.63. The Bertz CT molecular complexity index is 1570. The van der Waals surface area contributed by atoms with Gasteiger partial charge >= 0.3 is 5.97 Å². The second kappa shape index (κ2) is 8.20. The molecular weight excluding hydrogens is 418 g/mol. The number of nitrogens with one attached hydrogen (secondary N) is 1. The van der Waals surface area contributed by atoms with Crippen LogP contribution in [0.4, 0.5) is 0 Å². The highest BCUT2D eigenvalue weighted by molar-refractivity contribution is 6.11. The van der Waals surface area contributed by atoms with E-state index in [-0.39, 0.29) is 17.0 Å².